The molecular formula is C14H20N+. The van der Waals surface area contributed by atoms with E-state index in [0.29, 0.717) is 0 Å². The summed E-state index contributed by atoms with van der Waals surface area (Å²) in [5, 5.41) is 0. The van der Waals surface area contributed by atoms with Gasteiger partial charge in [-0.25, -0.2) is 0 Å². The number of rotatable bonds is 3. The van der Waals surface area contributed by atoms with E-state index in [1.165, 1.54) is 10.5 Å². The number of quaternary nitrogens is 1. The molecule has 1 aromatic rings. The Bertz CT molecular complexity index is 336. The third-order valence-corrected chi connectivity index (χ3v) is 2.62. The van der Waals surface area contributed by atoms with Crippen LogP contribution < -0.4 is 4.90 Å². The Morgan fingerprint density at radius 2 is 1.67 bits per heavy atom. The molecule has 0 spiro atoms. The minimum Gasteiger partial charge on any atom is -0.325 e. The molecule has 0 unspecified atom stereocenters. The lowest BCUT2D eigenvalue weighted by Gasteiger charge is -2.10. The predicted molar refractivity (Wildman–Crippen MR) is 65.0 cm³/mol. The molecule has 1 heteroatoms. The van der Waals surface area contributed by atoms with Crippen molar-refractivity contribution in [2.45, 2.75) is 20.8 Å². The highest BCUT2D eigenvalue weighted by Crippen LogP contribution is 2.00. The van der Waals surface area contributed by atoms with Gasteiger partial charge in [0.25, 0.3) is 0 Å². The quantitative estimate of drug-likeness (QED) is 0.704. The summed E-state index contributed by atoms with van der Waals surface area (Å²) in [5.74, 6) is 6.44. The first-order valence-electron chi connectivity index (χ1n) is 5.65. The first-order chi connectivity index (χ1) is 7.26. The van der Waals surface area contributed by atoms with Gasteiger partial charge < -0.3 is 4.90 Å². The Morgan fingerprint density at radius 1 is 1.07 bits per heavy atom. The van der Waals surface area contributed by atoms with Crippen LogP contribution in [0.5, 0.6) is 0 Å². The first kappa shape index (κ1) is 11.8. The first-order valence-corrected chi connectivity index (χ1v) is 5.65. The molecule has 80 valence electrons. The van der Waals surface area contributed by atoms with Crippen molar-refractivity contribution in [1.82, 2.24) is 0 Å². The smallest absolute Gasteiger partial charge is 0.139 e. The number of benzene rings is 1. The molecule has 0 heterocycles. The van der Waals surface area contributed by atoms with Gasteiger partial charge in [-0.15, -0.1) is 0 Å². The highest BCUT2D eigenvalue weighted by molar-refractivity contribution is 5.35. The van der Waals surface area contributed by atoms with Crippen LogP contribution >= 0.6 is 0 Å². The maximum atomic E-state index is 3.24. The van der Waals surface area contributed by atoms with E-state index in [1.54, 1.807) is 0 Å². The lowest BCUT2D eigenvalue weighted by molar-refractivity contribution is -0.889. The maximum absolute atomic E-state index is 3.24. The zero-order chi connectivity index (χ0) is 11.1. The Hall–Kier alpha value is -1.26. The summed E-state index contributed by atoms with van der Waals surface area (Å²) in [4.78, 5) is 1.54. The highest BCUT2D eigenvalue weighted by Gasteiger charge is 1.96. The topological polar surface area (TPSA) is 4.44 Å². The highest BCUT2D eigenvalue weighted by atomic mass is 15.1. The molecule has 0 aliphatic carbocycles. The number of aryl methyl sites for hydroxylation is 1. The summed E-state index contributed by atoms with van der Waals surface area (Å²) in [6.45, 7) is 9.75. The minimum absolute atomic E-state index is 0.945. The van der Waals surface area contributed by atoms with Crippen LogP contribution in [0, 0.1) is 18.8 Å². The molecule has 0 bridgehead atoms. The molecule has 0 radical (unpaired) electrons. The zero-order valence-electron chi connectivity index (χ0n) is 9.93. The number of hydrogen-bond acceptors (Lipinski definition) is 0. The van der Waals surface area contributed by atoms with Crippen LogP contribution in [0.4, 0.5) is 0 Å². The Balaban J connectivity index is 2.54. The second-order valence-electron chi connectivity index (χ2n) is 3.80. The second-order valence-corrected chi connectivity index (χ2v) is 3.80. The van der Waals surface area contributed by atoms with Gasteiger partial charge in [0, 0.05) is 5.56 Å². The molecule has 1 rings (SSSR count). The minimum atomic E-state index is 0.945. The van der Waals surface area contributed by atoms with E-state index in [-0.39, 0.29) is 0 Å². The van der Waals surface area contributed by atoms with Crippen molar-refractivity contribution in [1.29, 1.82) is 0 Å². The summed E-state index contributed by atoms with van der Waals surface area (Å²) in [6.07, 6.45) is 0. The number of hydrogen-bond donors (Lipinski definition) is 1. The average molecular weight is 202 g/mol. The van der Waals surface area contributed by atoms with Crippen molar-refractivity contribution in [2.24, 2.45) is 0 Å². The van der Waals surface area contributed by atoms with Gasteiger partial charge in [-0.3, -0.25) is 0 Å². The van der Waals surface area contributed by atoms with E-state index in [9.17, 15) is 0 Å². The van der Waals surface area contributed by atoms with Crippen molar-refractivity contribution in [2.75, 3.05) is 19.6 Å². The molecule has 1 N–H and O–H groups in total. The van der Waals surface area contributed by atoms with Crippen LogP contribution in [0.3, 0.4) is 0 Å². The molecular weight excluding hydrogens is 182 g/mol. The van der Waals surface area contributed by atoms with Crippen LogP contribution in [-0.2, 0) is 0 Å². The summed E-state index contributed by atoms with van der Waals surface area (Å²) >= 11 is 0. The molecule has 0 saturated carbocycles. The van der Waals surface area contributed by atoms with Gasteiger partial charge >= 0.3 is 0 Å². The fourth-order valence-electron chi connectivity index (χ4n) is 1.41. The van der Waals surface area contributed by atoms with E-state index in [4.69, 9.17) is 0 Å². The van der Waals surface area contributed by atoms with Crippen molar-refractivity contribution in [3.63, 3.8) is 0 Å². The SMILES string of the molecule is CC[NH+](CC)CC#Cc1ccc(C)cc1. The molecule has 0 aliphatic heterocycles. The maximum Gasteiger partial charge on any atom is 0.139 e. The van der Waals surface area contributed by atoms with Gasteiger partial charge in [0.15, 0.2) is 0 Å². The summed E-state index contributed by atoms with van der Waals surface area (Å²) < 4.78 is 0. The fourth-order valence-corrected chi connectivity index (χ4v) is 1.41. The molecule has 0 aliphatic rings. The molecule has 1 aromatic carbocycles. The third-order valence-electron chi connectivity index (χ3n) is 2.62. The van der Waals surface area contributed by atoms with Crippen molar-refractivity contribution < 1.29 is 4.90 Å². The van der Waals surface area contributed by atoms with Crippen LogP contribution in [0.1, 0.15) is 25.0 Å². The van der Waals surface area contributed by atoms with Crippen molar-refractivity contribution in [3.05, 3.63) is 35.4 Å². The monoisotopic (exact) mass is 202 g/mol. The largest absolute Gasteiger partial charge is 0.325 e. The molecule has 15 heavy (non-hydrogen) atoms. The molecule has 0 atom stereocenters. The van der Waals surface area contributed by atoms with Gasteiger partial charge in [0.2, 0.25) is 0 Å². The van der Waals surface area contributed by atoms with E-state index in [2.05, 4.69) is 56.9 Å². The standard InChI is InChI=1S/C14H19N/c1-4-15(5-2)12-6-7-14-10-8-13(3)9-11-14/h8-11H,4-5,12H2,1-3H3/p+1. The Kier molecular flexibility index (Phi) is 4.93. The van der Waals surface area contributed by atoms with Crippen LogP contribution in [0.15, 0.2) is 24.3 Å². The van der Waals surface area contributed by atoms with Gasteiger partial charge in [-0.05, 0) is 38.8 Å². The lowest BCUT2D eigenvalue weighted by Crippen LogP contribution is -3.11. The van der Waals surface area contributed by atoms with E-state index >= 15 is 0 Å². The Labute approximate surface area is 93.1 Å². The van der Waals surface area contributed by atoms with Gasteiger partial charge in [-0.2, -0.15) is 0 Å². The van der Waals surface area contributed by atoms with E-state index in [1.807, 2.05) is 0 Å². The predicted octanol–water partition coefficient (Wildman–Crippen LogP) is 1.27. The summed E-state index contributed by atoms with van der Waals surface area (Å²) in [7, 11) is 0. The van der Waals surface area contributed by atoms with Crippen LogP contribution in [-0.4, -0.2) is 19.6 Å². The van der Waals surface area contributed by atoms with Gasteiger partial charge in [0.1, 0.15) is 6.54 Å². The van der Waals surface area contributed by atoms with E-state index in [0.717, 1.165) is 25.2 Å². The van der Waals surface area contributed by atoms with Gasteiger partial charge in [0.05, 0.1) is 13.1 Å². The summed E-state index contributed by atoms with van der Waals surface area (Å²) in [6, 6.07) is 8.38. The van der Waals surface area contributed by atoms with Crippen LogP contribution in [0.25, 0.3) is 0 Å². The van der Waals surface area contributed by atoms with Crippen molar-refractivity contribution in [3.8, 4) is 11.8 Å². The normalized spacial score (nSPS) is 9.87. The second kappa shape index (κ2) is 6.27. The van der Waals surface area contributed by atoms with E-state index < -0.39 is 0 Å². The summed E-state index contributed by atoms with van der Waals surface area (Å²) in [5.41, 5.74) is 2.40. The van der Waals surface area contributed by atoms with Crippen molar-refractivity contribution >= 4 is 0 Å². The lowest BCUT2D eigenvalue weighted by atomic mass is 10.1. The van der Waals surface area contributed by atoms with Gasteiger partial charge in [-0.1, -0.05) is 23.6 Å². The zero-order valence-corrected chi connectivity index (χ0v) is 9.93. The molecule has 0 fully saturated rings. The molecule has 1 nitrogen and oxygen atoms in total. The fraction of sp³-hybridized carbons (Fsp3) is 0.429. The molecule has 0 aromatic heterocycles. The molecule has 0 amide bonds. The third kappa shape index (κ3) is 4.18. The van der Waals surface area contributed by atoms with Crippen LogP contribution in [0.2, 0.25) is 0 Å². The average Bonchev–Trinajstić information content (AvgIpc) is 2.27. The number of nitrogens with one attached hydrogen (secondary N) is 1. The molecule has 0 saturated heterocycles. The Morgan fingerprint density at radius 3 is 2.20 bits per heavy atom.